The molecule has 2 unspecified atom stereocenters. The average molecular weight is 290 g/mol. The summed E-state index contributed by atoms with van der Waals surface area (Å²) in [6.45, 7) is 10.7. The second-order valence-corrected chi connectivity index (χ2v) is 6.42. The maximum Gasteiger partial charge on any atom is 0.0826 e. The Morgan fingerprint density at radius 1 is 1.24 bits per heavy atom. The molecule has 0 spiro atoms. The van der Waals surface area contributed by atoms with Crippen LogP contribution >= 0.6 is 0 Å². The lowest BCUT2D eigenvalue weighted by molar-refractivity contribution is -0.0380. The highest BCUT2D eigenvalue weighted by atomic mass is 16.5. The summed E-state index contributed by atoms with van der Waals surface area (Å²) < 4.78 is 5.87. The molecule has 0 aromatic heterocycles. The maximum atomic E-state index is 5.87. The molecule has 0 aliphatic carbocycles. The molecule has 21 heavy (non-hydrogen) atoms. The molecule has 2 rings (SSSR count). The lowest BCUT2D eigenvalue weighted by Crippen LogP contribution is -2.50. The van der Waals surface area contributed by atoms with Gasteiger partial charge in [0.15, 0.2) is 0 Å². The quantitative estimate of drug-likeness (QED) is 0.835. The Hall–Kier alpha value is -0.900. The van der Waals surface area contributed by atoms with Crippen LogP contribution in [0.15, 0.2) is 30.3 Å². The molecule has 118 valence electrons. The van der Waals surface area contributed by atoms with Crippen LogP contribution in [0.1, 0.15) is 32.8 Å². The highest BCUT2D eigenvalue weighted by Crippen LogP contribution is 2.09. The van der Waals surface area contributed by atoms with Crippen molar-refractivity contribution in [1.29, 1.82) is 0 Å². The average Bonchev–Trinajstić information content (AvgIpc) is 2.52. The number of morpholine rings is 1. The molecule has 3 heteroatoms. The molecule has 1 aromatic carbocycles. The van der Waals surface area contributed by atoms with Crippen molar-refractivity contribution in [2.75, 3.05) is 26.2 Å². The van der Waals surface area contributed by atoms with Crippen molar-refractivity contribution < 1.29 is 4.74 Å². The number of nitrogens with one attached hydrogen (secondary N) is 1. The summed E-state index contributed by atoms with van der Waals surface area (Å²) in [5, 5.41) is 3.63. The van der Waals surface area contributed by atoms with Gasteiger partial charge in [-0.3, -0.25) is 4.90 Å². The van der Waals surface area contributed by atoms with Crippen molar-refractivity contribution >= 4 is 0 Å². The van der Waals surface area contributed by atoms with Crippen LogP contribution < -0.4 is 5.32 Å². The number of hydrogen-bond acceptors (Lipinski definition) is 3. The van der Waals surface area contributed by atoms with Gasteiger partial charge in [0.25, 0.3) is 0 Å². The van der Waals surface area contributed by atoms with E-state index in [1.54, 1.807) is 0 Å². The fraction of sp³-hybridized carbons (Fsp3) is 0.667. The van der Waals surface area contributed by atoms with Crippen molar-refractivity contribution in [3.8, 4) is 0 Å². The van der Waals surface area contributed by atoms with Crippen molar-refractivity contribution in [2.24, 2.45) is 0 Å². The number of ether oxygens (including phenoxy) is 1. The van der Waals surface area contributed by atoms with Gasteiger partial charge in [0, 0.05) is 31.7 Å². The van der Waals surface area contributed by atoms with E-state index < -0.39 is 0 Å². The van der Waals surface area contributed by atoms with Crippen LogP contribution in [0.25, 0.3) is 0 Å². The summed E-state index contributed by atoms with van der Waals surface area (Å²) in [5.41, 5.74) is 1.42. The van der Waals surface area contributed by atoms with E-state index in [2.05, 4.69) is 61.3 Å². The van der Waals surface area contributed by atoms with Crippen LogP contribution in [-0.2, 0) is 11.2 Å². The largest absolute Gasteiger partial charge is 0.374 e. The topological polar surface area (TPSA) is 24.5 Å². The van der Waals surface area contributed by atoms with Gasteiger partial charge >= 0.3 is 0 Å². The van der Waals surface area contributed by atoms with Gasteiger partial charge in [-0.25, -0.2) is 0 Å². The lowest BCUT2D eigenvalue weighted by atomic mass is 10.1. The highest BCUT2D eigenvalue weighted by Gasteiger charge is 2.22. The Morgan fingerprint density at radius 3 is 2.71 bits per heavy atom. The van der Waals surface area contributed by atoms with Gasteiger partial charge in [0.05, 0.1) is 12.7 Å². The number of aryl methyl sites for hydroxylation is 1. The van der Waals surface area contributed by atoms with Gasteiger partial charge in [-0.05, 0) is 39.2 Å². The Labute approximate surface area is 129 Å². The minimum Gasteiger partial charge on any atom is -0.374 e. The highest BCUT2D eigenvalue weighted by molar-refractivity contribution is 5.14. The Kier molecular flexibility index (Phi) is 6.68. The number of nitrogens with zero attached hydrogens (tertiary/aromatic N) is 1. The maximum absolute atomic E-state index is 5.87. The minimum atomic E-state index is 0.334. The SMILES string of the molecule is CC(CCc1ccccc1)NCC1CN(C(C)C)CCO1. The number of rotatable bonds is 7. The first-order chi connectivity index (χ1) is 10.1. The molecular weight excluding hydrogens is 260 g/mol. The molecule has 1 saturated heterocycles. The van der Waals surface area contributed by atoms with Gasteiger partial charge in [-0.2, -0.15) is 0 Å². The lowest BCUT2D eigenvalue weighted by Gasteiger charge is -2.36. The zero-order chi connectivity index (χ0) is 15.1. The predicted octanol–water partition coefficient (Wildman–Crippen LogP) is 2.71. The second kappa shape index (κ2) is 8.52. The van der Waals surface area contributed by atoms with Crippen LogP contribution in [0.3, 0.4) is 0 Å². The number of hydrogen-bond donors (Lipinski definition) is 1. The van der Waals surface area contributed by atoms with Crippen LogP contribution in [0.4, 0.5) is 0 Å². The van der Waals surface area contributed by atoms with Crippen molar-refractivity contribution in [2.45, 2.75) is 51.8 Å². The molecule has 2 atom stereocenters. The van der Waals surface area contributed by atoms with Crippen LogP contribution in [0.5, 0.6) is 0 Å². The Morgan fingerprint density at radius 2 is 2.00 bits per heavy atom. The van der Waals surface area contributed by atoms with E-state index >= 15 is 0 Å². The Bertz CT molecular complexity index is 393. The van der Waals surface area contributed by atoms with E-state index in [0.29, 0.717) is 18.2 Å². The van der Waals surface area contributed by atoms with Crippen LogP contribution in [0.2, 0.25) is 0 Å². The van der Waals surface area contributed by atoms with Gasteiger partial charge in [-0.15, -0.1) is 0 Å². The smallest absolute Gasteiger partial charge is 0.0826 e. The molecule has 0 saturated carbocycles. The van der Waals surface area contributed by atoms with Crippen LogP contribution in [-0.4, -0.2) is 49.3 Å². The third-order valence-corrected chi connectivity index (χ3v) is 4.30. The summed E-state index contributed by atoms with van der Waals surface area (Å²) in [4.78, 5) is 2.50. The van der Waals surface area contributed by atoms with Gasteiger partial charge < -0.3 is 10.1 Å². The van der Waals surface area contributed by atoms with E-state index in [0.717, 1.165) is 32.7 Å². The first kappa shape index (κ1) is 16.5. The van der Waals surface area contributed by atoms with E-state index in [9.17, 15) is 0 Å². The zero-order valence-electron chi connectivity index (χ0n) is 13.7. The zero-order valence-corrected chi connectivity index (χ0v) is 13.7. The first-order valence-electron chi connectivity index (χ1n) is 8.28. The molecule has 1 aliphatic rings. The summed E-state index contributed by atoms with van der Waals surface area (Å²) in [5.74, 6) is 0. The molecular formula is C18H30N2O. The molecule has 1 heterocycles. The minimum absolute atomic E-state index is 0.334. The fourth-order valence-corrected chi connectivity index (χ4v) is 2.80. The number of benzene rings is 1. The molecule has 0 amide bonds. The summed E-state index contributed by atoms with van der Waals surface area (Å²) in [6.07, 6.45) is 2.64. The molecule has 1 fully saturated rings. The van der Waals surface area contributed by atoms with Crippen LogP contribution in [0, 0.1) is 0 Å². The molecule has 3 nitrogen and oxygen atoms in total. The molecule has 0 bridgehead atoms. The normalized spacial score (nSPS) is 21.6. The van der Waals surface area contributed by atoms with Gasteiger partial charge in [0.2, 0.25) is 0 Å². The van der Waals surface area contributed by atoms with Crippen molar-refractivity contribution in [3.63, 3.8) is 0 Å². The monoisotopic (exact) mass is 290 g/mol. The molecule has 1 aromatic rings. The van der Waals surface area contributed by atoms with E-state index in [-0.39, 0.29) is 0 Å². The predicted molar refractivity (Wildman–Crippen MR) is 88.7 cm³/mol. The standard InChI is InChI=1S/C18H30N2O/c1-15(2)20-11-12-21-18(14-20)13-19-16(3)9-10-17-7-5-4-6-8-17/h4-8,15-16,18-19H,9-14H2,1-3H3. The van der Waals surface area contributed by atoms with E-state index in [1.807, 2.05) is 0 Å². The van der Waals surface area contributed by atoms with Crippen molar-refractivity contribution in [1.82, 2.24) is 10.2 Å². The molecule has 0 radical (unpaired) electrons. The van der Waals surface area contributed by atoms with E-state index in [4.69, 9.17) is 4.74 Å². The van der Waals surface area contributed by atoms with Gasteiger partial charge in [0.1, 0.15) is 0 Å². The second-order valence-electron chi connectivity index (χ2n) is 6.42. The van der Waals surface area contributed by atoms with Crippen molar-refractivity contribution in [3.05, 3.63) is 35.9 Å². The first-order valence-corrected chi connectivity index (χ1v) is 8.28. The van der Waals surface area contributed by atoms with Gasteiger partial charge in [-0.1, -0.05) is 30.3 Å². The fourth-order valence-electron chi connectivity index (χ4n) is 2.80. The third kappa shape index (κ3) is 5.77. The molecule has 1 N–H and O–H groups in total. The summed E-state index contributed by atoms with van der Waals surface area (Å²) >= 11 is 0. The Balaban J connectivity index is 1.65. The third-order valence-electron chi connectivity index (χ3n) is 4.30. The summed E-state index contributed by atoms with van der Waals surface area (Å²) in [6, 6.07) is 11.9. The molecule has 1 aliphatic heterocycles. The van der Waals surface area contributed by atoms with E-state index in [1.165, 1.54) is 12.0 Å². The summed E-state index contributed by atoms with van der Waals surface area (Å²) in [7, 11) is 0.